The molecule has 1 aromatic heterocycles. The zero-order chi connectivity index (χ0) is 8.32. The molecule has 2 nitrogen and oxygen atoms in total. The summed E-state index contributed by atoms with van der Waals surface area (Å²) in [6.07, 6.45) is 0.382. The Balaban J connectivity index is 2.87. The van der Waals surface area contributed by atoms with E-state index in [-0.39, 0.29) is 6.54 Å². The van der Waals surface area contributed by atoms with Crippen molar-refractivity contribution in [2.24, 2.45) is 5.73 Å². The Labute approximate surface area is 69.4 Å². The van der Waals surface area contributed by atoms with Crippen LogP contribution in [-0.2, 0) is 5.67 Å². The molecule has 0 aliphatic carbocycles. The monoisotopic (exact) mass is 174 g/mol. The largest absolute Gasteiger partial charge is 0.327 e. The Morgan fingerprint density at radius 3 is 2.91 bits per heavy atom. The molecule has 0 fully saturated rings. The van der Waals surface area contributed by atoms with Gasteiger partial charge in [-0.25, -0.2) is 4.39 Å². The zero-order valence-electron chi connectivity index (χ0n) is 6.38. The fraction of sp³-hybridized carbons (Fsp3) is 0.571. The van der Waals surface area contributed by atoms with Crippen LogP contribution in [0.5, 0.6) is 0 Å². The lowest BCUT2D eigenvalue weighted by Gasteiger charge is -2.18. The average Bonchev–Trinajstić information content (AvgIpc) is 2.55. The van der Waals surface area contributed by atoms with Crippen molar-refractivity contribution in [3.8, 4) is 0 Å². The van der Waals surface area contributed by atoms with Gasteiger partial charge in [-0.15, -0.1) is 0 Å². The standard InChI is InChI=1S/C7H11FN2S/c1-2-7(8,5-9)6-3-4-11-10-6/h3-4H,2,5,9H2,1H3. The van der Waals surface area contributed by atoms with Crippen LogP contribution in [0.1, 0.15) is 19.0 Å². The number of aromatic nitrogens is 1. The predicted molar refractivity (Wildman–Crippen MR) is 44.2 cm³/mol. The summed E-state index contributed by atoms with van der Waals surface area (Å²) >= 11 is 1.25. The lowest BCUT2D eigenvalue weighted by Crippen LogP contribution is -2.29. The van der Waals surface area contributed by atoms with E-state index < -0.39 is 5.67 Å². The predicted octanol–water partition coefficient (Wildman–Crippen LogP) is 1.68. The minimum atomic E-state index is -1.42. The van der Waals surface area contributed by atoms with Crippen LogP contribution >= 0.6 is 11.5 Å². The quantitative estimate of drug-likeness (QED) is 0.757. The average molecular weight is 174 g/mol. The van der Waals surface area contributed by atoms with E-state index in [1.54, 1.807) is 18.4 Å². The molecule has 0 radical (unpaired) electrons. The van der Waals surface area contributed by atoms with Crippen LogP contribution in [0.3, 0.4) is 0 Å². The lowest BCUT2D eigenvalue weighted by atomic mass is 9.99. The van der Waals surface area contributed by atoms with Crippen molar-refractivity contribution >= 4 is 11.5 Å². The third-order valence-electron chi connectivity index (χ3n) is 1.78. The van der Waals surface area contributed by atoms with Crippen LogP contribution in [0.25, 0.3) is 0 Å². The summed E-state index contributed by atoms with van der Waals surface area (Å²) in [5.41, 5.74) is 4.35. The van der Waals surface area contributed by atoms with E-state index in [0.29, 0.717) is 12.1 Å². The first kappa shape index (κ1) is 8.62. The molecule has 0 amide bonds. The van der Waals surface area contributed by atoms with Crippen LogP contribution in [0.4, 0.5) is 4.39 Å². The minimum absolute atomic E-state index is 0.00718. The summed E-state index contributed by atoms with van der Waals surface area (Å²) in [4.78, 5) is 0. The molecular weight excluding hydrogens is 163 g/mol. The van der Waals surface area contributed by atoms with Crippen LogP contribution in [0.2, 0.25) is 0 Å². The van der Waals surface area contributed by atoms with Gasteiger partial charge in [0.1, 0.15) is 0 Å². The van der Waals surface area contributed by atoms with E-state index >= 15 is 0 Å². The smallest absolute Gasteiger partial charge is 0.165 e. The zero-order valence-corrected chi connectivity index (χ0v) is 7.20. The third kappa shape index (κ3) is 1.57. The first-order chi connectivity index (χ1) is 5.23. The van der Waals surface area contributed by atoms with E-state index in [1.165, 1.54) is 11.5 Å². The molecule has 11 heavy (non-hydrogen) atoms. The molecule has 1 rings (SSSR count). The molecule has 62 valence electrons. The number of rotatable bonds is 3. The molecule has 0 aromatic carbocycles. The first-order valence-corrected chi connectivity index (χ1v) is 4.36. The normalized spacial score (nSPS) is 16.3. The van der Waals surface area contributed by atoms with Crippen molar-refractivity contribution in [3.05, 3.63) is 17.1 Å². The molecule has 1 aromatic rings. The molecule has 0 bridgehead atoms. The van der Waals surface area contributed by atoms with Crippen molar-refractivity contribution in [2.75, 3.05) is 6.54 Å². The van der Waals surface area contributed by atoms with E-state index in [9.17, 15) is 4.39 Å². The van der Waals surface area contributed by atoms with E-state index in [2.05, 4.69) is 4.37 Å². The number of hydrogen-bond donors (Lipinski definition) is 1. The Morgan fingerprint density at radius 1 is 1.82 bits per heavy atom. The van der Waals surface area contributed by atoms with Crippen molar-refractivity contribution in [2.45, 2.75) is 19.0 Å². The number of nitrogens with two attached hydrogens (primary N) is 1. The van der Waals surface area contributed by atoms with Gasteiger partial charge in [0.2, 0.25) is 0 Å². The van der Waals surface area contributed by atoms with Gasteiger partial charge in [0.25, 0.3) is 0 Å². The SMILES string of the molecule is CCC(F)(CN)c1ccsn1. The van der Waals surface area contributed by atoms with Crippen LogP contribution in [0, 0.1) is 0 Å². The maximum Gasteiger partial charge on any atom is 0.165 e. The fourth-order valence-corrected chi connectivity index (χ4v) is 1.46. The fourth-order valence-electron chi connectivity index (χ4n) is 0.874. The van der Waals surface area contributed by atoms with Crippen LogP contribution < -0.4 is 5.73 Å². The Kier molecular flexibility index (Phi) is 2.57. The van der Waals surface area contributed by atoms with Gasteiger partial charge in [-0.1, -0.05) is 6.92 Å². The molecule has 0 spiro atoms. The second kappa shape index (κ2) is 3.28. The number of alkyl halides is 1. The molecule has 1 atom stereocenters. The lowest BCUT2D eigenvalue weighted by molar-refractivity contribution is 0.164. The maximum absolute atomic E-state index is 13.6. The van der Waals surface area contributed by atoms with Crippen molar-refractivity contribution < 1.29 is 4.39 Å². The molecular formula is C7H11FN2S. The Bertz CT molecular complexity index is 206. The summed E-state index contributed by atoms with van der Waals surface area (Å²) < 4.78 is 17.6. The highest BCUT2D eigenvalue weighted by atomic mass is 32.1. The second-order valence-electron chi connectivity index (χ2n) is 2.41. The highest BCUT2D eigenvalue weighted by Gasteiger charge is 2.29. The summed E-state index contributed by atoms with van der Waals surface area (Å²) in [6.45, 7) is 1.78. The van der Waals surface area contributed by atoms with E-state index in [1.807, 2.05) is 0 Å². The number of halogens is 1. The van der Waals surface area contributed by atoms with Crippen molar-refractivity contribution in [1.82, 2.24) is 4.37 Å². The van der Waals surface area contributed by atoms with Crippen LogP contribution in [0.15, 0.2) is 11.4 Å². The van der Waals surface area contributed by atoms with Gasteiger partial charge in [0, 0.05) is 11.9 Å². The molecule has 1 unspecified atom stereocenters. The van der Waals surface area contributed by atoms with Gasteiger partial charge in [-0.3, -0.25) is 0 Å². The van der Waals surface area contributed by atoms with Gasteiger partial charge in [0.15, 0.2) is 5.67 Å². The number of hydrogen-bond acceptors (Lipinski definition) is 3. The molecule has 1 heterocycles. The summed E-state index contributed by atoms with van der Waals surface area (Å²) in [5, 5.41) is 1.76. The van der Waals surface area contributed by atoms with Gasteiger partial charge >= 0.3 is 0 Å². The Morgan fingerprint density at radius 2 is 2.55 bits per heavy atom. The minimum Gasteiger partial charge on any atom is -0.327 e. The van der Waals surface area contributed by atoms with Crippen LogP contribution in [-0.4, -0.2) is 10.9 Å². The maximum atomic E-state index is 13.6. The van der Waals surface area contributed by atoms with E-state index in [0.717, 1.165) is 0 Å². The highest BCUT2D eigenvalue weighted by molar-refractivity contribution is 7.03. The summed E-state index contributed by atoms with van der Waals surface area (Å²) in [7, 11) is 0. The van der Waals surface area contributed by atoms with Crippen molar-refractivity contribution in [3.63, 3.8) is 0 Å². The van der Waals surface area contributed by atoms with E-state index in [4.69, 9.17) is 5.73 Å². The Hall–Kier alpha value is -0.480. The van der Waals surface area contributed by atoms with Gasteiger partial charge < -0.3 is 5.73 Å². The molecule has 4 heteroatoms. The first-order valence-electron chi connectivity index (χ1n) is 3.53. The molecule has 0 aliphatic heterocycles. The van der Waals surface area contributed by atoms with Crippen molar-refractivity contribution in [1.29, 1.82) is 0 Å². The van der Waals surface area contributed by atoms with Gasteiger partial charge in [0.05, 0.1) is 5.69 Å². The molecule has 0 saturated carbocycles. The molecule has 0 aliphatic rings. The summed E-state index contributed by atoms with van der Waals surface area (Å²) in [6, 6.07) is 1.68. The number of nitrogens with zero attached hydrogens (tertiary/aromatic N) is 1. The van der Waals surface area contributed by atoms with Gasteiger partial charge in [-0.2, -0.15) is 4.37 Å². The molecule has 2 N–H and O–H groups in total. The molecule has 0 saturated heterocycles. The third-order valence-corrected chi connectivity index (χ3v) is 2.34. The second-order valence-corrected chi connectivity index (χ2v) is 3.07. The van der Waals surface area contributed by atoms with Gasteiger partial charge in [-0.05, 0) is 24.0 Å². The topological polar surface area (TPSA) is 38.9 Å². The highest BCUT2D eigenvalue weighted by Crippen LogP contribution is 2.27. The summed E-state index contributed by atoms with van der Waals surface area (Å²) in [5.74, 6) is 0.